The van der Waals surface area contributed by atoms with E-state index in [1.807, 2.05) is 48.5 Å². The van der Waals surface area contributed by atoms with E-state index in [1.54, 1.807) is 6.20 Å². The molecule has 3 heterocycles. The Kier molecular flexibility index (Phi) is 4.98. The van der Waals surface area contributed by atoms with Gasteiger partial charge in [-0.2, -0.15) is 5.10 Å². The van der Waals surface area contributed by atoms with Crippen molar-refractivity contribution in [2.75, 3.05) is 18.4 Å². The predicted octanol–water partition coefficient (Wildman–Crippen LogP) is 3.46. The number of anilines is 1. The maximum Gasteiger partial charge on any atom is 0.228 e. The van der Waals surface area contributed by atoms with Gasteiger partial charge < -0.3 is 5.32 Å². The quantitative estimate of drug-likeness (QED) is 0.530. The van der Waals surface area contributed by atoms with E-state index in [0.717, 1.165) is 66.0 Å². The van der Waals surface area contributed by atoms with Gasteiger partial charge in [0.05, 0.1) is 11.6 Å². The standard InChI is InChI=1S/C22H22N6O2/c29-22(24-18-8-6-15(7-9-18)19-10-11-23-25-19)17-4-2-12-28(14-17)13-16-3-1-5-20-21(16)27-30-26-20/h1,3,5-11,17H,2,4,12-14H2,(H,23,25)(H,24,29). The topological polar surface area (TPSA) is 99.9 Å². The third-order valence-electron chi connectivity index (χ3n) is 5.60. The fraction of sp³-hybridized carbons (Fsp3) is 0.273. The third kappa shape index (κ3) is 3.81. The van der Waals surface area contributed by atoms with Gasteiger partial charge in [0.2, 0.25) is 5.91 Å². The number of aromatic amines is 1. The average Bonchev–Trinajstić information content (AvgIpc) is 3.47. The van der Waals surface area contributed by atoms with E-state index in [2.05, 4.69) is 30.7 Å². The van der Waals surface area contributed by atoms with Crippen molar-refractivity contribution in [3.63, 3.8) is 0 Å². The van der Waals surface area contributed by atoms with Crippen molar-refractivity contribution < 1.29 is 9.42 Å². The summed E-state index contributed by atoms with van der Waals surface area (Å²) in [6.07, 6.45) is 3.60. The number of piperidine rings is 1. The van der Waals surface area contributed by atoms with Crippen LogP contribution in [0.3, 0.4) is 0 Å². The van der Waals surface area contributed by atoms with Gasteiger partial charge in [0.15, 0.2) is 0 Å². The Labute approximate surface area is 173 Å². The molecule has 1 atom stereocenters. The van der Waals surface area contributed by atoms with E-state index in [4.69, 9.17) is 4.63 Å². The molecule has 2 N–H and O–H groups in total. The molecule has 1 fully saturated rings. The molecule has 1 saturated heterocycles. The Hall–Kier alpha value is -3.52. The molecule has 0 bridgehead atoms. The molecule has 2 aromatic heterocycles. The van der Waals surface area contributed by atoms with Crippen LogP contribution >= 0.6 is 0 Å². The molecule has 8 heteroatoms. The normalized spacial score (nSPS) is 17.3. The highest BCUT2D eigenvalue weighted by Gasteiger charge is 2.26. The molecule has 0 aliphatic carbocycles. The molecule has 2 aromatic carbocycles. The van der Waals surface area contributed by atoms with Crippen LogP contribution in [0.1, 0.15) is 18.4 Å². The zero-order valence-corrected chi connectivity index (χ0v) is 16.4. The first-order valence-electron chi connectivity index (χ1n) is 10.1. The minimum Gasteiger partial charge on any atom is -0.326 e. The van der Waals surface area contributed by atoms with Gasteiger partial charge in [-0.15, -0.1) is 0 Å². The summed E-state index contributed by atoms with van der Waals surface area (Å²) in [4.78, 5) is 15.2. The molecule has 8 nitrogen and oxygen atoms in total. The first-order valence-corrected chi connectivity index (χ1v) is 10.1. The van der Waals surface area contributed by atoms with Gasteiger partial charge in [-0.1, -0.05) is 24.3 Å². The maximum absolute atomic E-state index is 12.9. The minimum atomic E-state index is -0.0410. The Morgan fingerprint density at radius 1 is 1.17 bits per heavy atom. The molecule has 1 amide bonds. The predicted molar refractivity (Wildman–Crippen MR) is 112 cm³/mol. The highest BCUT2D eigenvalue weighted by molar-refractivity contribution is 5.93. The van der Waals surface area contributed by atoms with E-state index >= 15 is 0 Å². The van der Waals surface area contributed by atoms with Gasteiger partial charge in [-0.05, 0) is 65.1 Å². The molecule has 1 aliphatic heterocycles. The maximum atomic E-state index is 12.9. The largest absolute Gasteiger partial charge is 0.326 e. The fourth-order valence-corrected chi connectivity index (χ4v) is 4.04. The van der Waals surface area contributed by atoms with Crippen LogP contribution in [0.2, 0.25) is 0 Å². The second-order valence-electron chi connectivity index (χ2n) is 7.66. The molecule has 1 unspecified atom stereocenters. The molecule has 0 radical (unpaired) electrons. The Balaban J connectivity index is 1.22. The van der Waals surface area contributed by atoms with Gasteiger partial charge in [0.1, 0.15) is 11.0 Å². The van der Waals surface area contributed by atoms with Crippen LogP contribution in [-0.4, -0.2) is 44.4 Å². The van der Waals surface area contributed by atoms with E-state index in [0.29, 0.717) is 0 Å². The number of carbonyl (C=O) groups excluding carboxylic acids is 1. The SMILES string of the molecule is O=C(Nc1ccc(-c2ccn[nH]2)cc1)C1CCCN(Cc2cccc3nonc23)C1. The molecule has 0 saturated carbocycles. The van der Waals surface area contributed by atoms with Crippen LogP contribution in [-0.2, 0) is 11.3 Å². The molecule has 0 spiro atoms. The van der Waals surface area contributed by atoms with E-state index in [1.165, 1.54) is 0 Å². The number of hydrogen-bond acceptors (Lipinski definition) is 6. The Morgan fingerprint density at radius 3 is 2.90 bits per heavy atom. The number of rotatable bonds is 5. The fourth-order valence-electron chi connectivity index (χ4n) is 4.04. The van der Waals surface area contributed by atoms with Gasteiger partial charge in [-0.25, -0.2) is 4.63 Å². The molecular weight excluding hydrogens is 380 g/mol. The number of nitrogens with zero attached hydrogens (tertiary/aromatic N) is 4. The number of fused-ring (bicyclic) bond motifs is 1. The molecule has 152 valence electrons. The number of carbonyl (C=O) groups is 1. The molecule has 1 aliphatic rings. The summed E-state index contributed by atoms with van der Waals surface area (Å²) in [5, 5.41) is 17.9. The van der Waals surface area contributed by atoms with Crippen LogP contribution in [0.4, 0.5) is 5.69 Å². The summed E-state index contributed by atoms with van der Waals surface area (Å²) >= 11 is 0. The van der Waals surface area contributed by atoms with Crippen LogP contribution < -0.4 is 5.32 Å². The highest BCUT2D eigenvalue weighted by atomic mass is 16.6. The summed E-state index contributed by atoms with van der Waals surface area (Å²) in [5.41, 5.74) is 5.42. The lowest BCUT2D eigenvalue weighted by Crippen LogP contribution is -2.40. The minimum absolute atomic E-state index is 0.0410. The van der Waals surface area contributed by atoms with Gasteiger partial charge in [0.25, 0.3) is 0 Å². The lowest BCUT2D eigenvalue weighted by molar-refractivity contribution is -0.121. The van der Waals surface area contributed by atoms with Crippen molar-refractivity contribution in [2.24, 2.45) is 5.92 Å². The lowest BCUT2D eigenvalue weighted by atomic mass is 9.96. The zero-order valence-electron chi connectivity index (χ0n) is 16.4. The number of likely N-dealkylation sites (tertiary alicyclic amines) is 1. The third-order valence-corrected chi connectivity index (χ3v) is 5.60. The van der Waals surface area contributed by atoms with Crippen LogP contribution in [0, 0.1) is 5.92 Å². The first-order chi connectivity index (χ1) is 14.8. The monoisotopic (exact) mass is 402 g/mol. The second-order valence-corrected chi connectivity index (χ2v) is 7.66. The van der Waals surface area contributed by atoms with E-state index in [9.17, 15) is 4.79 Å². The Bertz CT molecular complexity index is 1140. The summed E-state index contributed by atoms with van der Waals surface area (Å²) in [5.74, 6) is 0.0240. The van der Waals surface area contributed by atoms with Gasteiger partial charge >= 0.3 is 0 Å². The summed E-state index contributed by atoms with van der Waals surface area (Å²) < 4.78 is 4.86. The Morgan fingerprint density at radius 2 is 2.07 bits per heavy atom. The van der Waals surface area contributed by atoms with Crippen LogP contribution in [0.25, 0.3) is 22.3 Å². The van der Waals surface area contributed by atoms with Crippen molar-refractivity contribution in [1.29, 1.82) is 0 Å². The van der Waals surface area contributed by atoms with Gasteiger partial charge in [-0.3, -0.25) is 14.8 Å². The van der Waals surface area contributed by atoms with Crippen LogP contribution in [0.15, 0.2) is 59.4 Å². The molecule has 4 aromatic rings. The summed E-state index contributed by atoms with van der Waals surface area (Å²) in [6, 6.07) is 15.6. The number of nitrogens with one attached hydrogen (secondary N) is 2. The summed E-state index contributed by atoms with van der Waals surface area (Å²) in [7, 11) is 0. The number of benzene rings is 2. The molecule has 30 heavy (non-hydrogen) atoms. The van der Waals surface area contributed by atoms with E-state index < -0.39 is 0 Å². The van der Waals surface area contributed by atoms with Gasteiger partial charge in [0, 0.05) is 25.0 Å². The number of hydrogen-bond donors (Lipinski definition) is 2. The van der Waals surface area contributed by atoms with Crippen molar-refractivity contribution in [2.45, 2.75) is 19.4 Å². The zero-order chi connectivity index (χ0) is 20.3. The summed E-state index contributed by atoms with van der Waals surface area (Å²) in [6.45, 7) is 2.41. The smallest absolute Gasteiger partial charge is 0.228 e. The van der Waals surface area contributed by atoms with Crippen LogP contribution in [0.5, 0.6) is 0 Å². The van der Waals surface area contributed by atoms with Crippen molar-refractivity contribution in [3.8, 4) is 11.3 Å². The van der Waals surface area contributed by atoms with E-state index in [-0.39, 0.29) is 11.8 Å². The second kappa shape index (κ2) is 8.08. The number of H-pyrrole nitrogens is 1. The van der Waals surface area contributed by atoms with Crippen molar-refractivity contribution in [3.05, 3.63) is 60.3 Å². The highest BCUT2D eigenvalue weighted by Crippen LogP contribution is 2.24. The molecular formula is C22H22N6O2. The van der Waals surface area contributed by atoms with Crippen molar-refractivity contribution in [1.82, 2.24) is 25.4 Å². The molecule has 5 rings (SSSR count). The van der Waals surface area contributed by atoms with Crippen molar-refractivity contribution >= 4 is 22.6 Å². The number of aromatic nitrogens is 4. The number of amides is 1. The lowest BCUT2D eigenvalue weighted by Gasteiger charge is -2.32. The first kappa shape index (κ1) is 18.5. The average molecular weight is 402 g/mol.